The Morgan fingerprint density at radius 1 is 0.453 bits per heavy atom. The first-order chi connectivity index (χ1) is 50.2. The van der Waals surface area contributed by atoms with Crippen molar-refractivity contribution in [2.45, 2.75) is 214 Å². The van der Waals surface area contributed by atoms with E-state index >= 15 is 0 Å². The van der Waals surface area contributed by atoms with Gasteiger partial charge in [-0.3, -0.25) is 4.98 Å². The van der Waals surface area contributed by atoms with E-state index in [9.17, 15) is 24.5 Å². The van der Waals surface area contributed by atoms with E-state index in [1.54, 1.807) is 50.8 Å². The lowest BCUT2D eigenvalue weighted by Gasteiger charge is -2.32. The number of methoxy groups -OCH3 is 1. The molecule has 0 aliphatic heterocycles. The van der Waals surface area contributed by atoms with Crippen LogP contribution in [0, 0.1) is 5.82 Å². The van der Waals surface area contributed by atoms with Crippen molar-refractivity contribution in [3.05, 3.63) is 78.2 Å². The van der Waals surface area contributed by atoms with Gasteiger partial charge in [-0.2, -0.15) is 24.9 Å². The summed E-state index contributed by atoms with van der Waals surface area (Å²) in [5, 5.41) is 46.1. The SMILES string of the molecule is CCCCC[C@@](C)(CO)Nc1nc(N)nc2cc(F)cnc12.CCCCC[C@](C)(CCC(C)=O)Nc1nc(N)nc2cccnc12.CCCC[C@@](C)(CO)Nc1nc(N)nc2cc(Cl)cnc12.CCCC[C@@](C)(CO)Nc1nc(N)nc2cc(N)cnc12.COc1cnc2c(NC(C)(C)C)nc(N)nc2c1. The zero-order valence-electron chi connectivity index (χ0n) is 63.4. The number of nitrogens with two attached hydrogens (primary N) is 6. The van der Waals surface area contributed by atoms with Crippen molar-refractivity contribution in [2.75, 3.05) is 87.9 Å². The minimum absolute atomic E-state index is 0.00657. The third-order valence-electron chi connectivity index (χ3n) is 16.9. The van der Waals surface area contributed by atoms with Gasteiger partial charge in [-0.05, 0) is 112 Å². The number of aliphatic hydroxyl groups is 3. The maximum absolute atomic E-state index is 13.3. The monoisotopic (exact) mass is 1480 g/mol. The fourth-order valence-corrected chi connectivity index (χ4v) is 11.2. The van der Waals surface area contributed by atoms with Crippen LogP contribution in [0.1, 0.15) is 186 Å². The summed E-state index contributed by atoms with van der Waals surface area (Å²) in [4.78, 5) is 74.5. The summed E-state index contributed by atoms with van der Waals surface area (Å²) in [5.41, 5.74) is 39.0. The average molecular weight is 1480 g/mol. The molecule has 31 nitrogen and oxygen atoms in total. The molecule has 10 aromatic rings. The molecule has 0 bridgehead atoms. The van der Waals surface area contributed by atoms with Gasteiger partial charge in [-0.15, -0.1) is 0 Å². The number of nitrogens with zero attached hydrogens (tertiary/aromatic N) is 15. The normalized spacial score (nSPS) is 13.5. The number of nitrogen functional groups attached to an aromatic ring is 6. The van der Waals surface area contributed by atoms with Crippen LogP contribution in [-0.2, 0) is 4.79 Å². The van der Waals surface area contributed by atoms with Gasteiger partial charge in [-0.25, -0.2) is 49.2 Å². The molecule has 10 heterocycles. The van der Waals surface area contributed by atoms with Gasteiger partial charge in [0.1, 0.15) is 50.5 Å². The highest BCUT2D eigenvalue weighted by atomic mass is 35.5. The molecule has 0 saturated heterocycles. The number of aliphatic hydroxyl groups excluding tert-OH is 3. The number of hydrogen-bond donors (Lipinski definition) is 14. The number of rotatable bonds is 30. The number of pyridine rings is 5. The molecule has 20 N–H and O–H groups in total. The van der Waals surface area contributed by atoms with Crippen molar-refractivity contribution >= 4 is 137 Å². The molecule has 574 valence electrons. The van der Waals surface area contributed by atoms with E-state index in [1.165, 1.54) is 18.7 Å². The topological polar surface area (TPSA) is 497 Å². The molecule has 10 aromatic heterocycles. The second-order valence-electron chi connectivity index (χ2n) is 28.4. The lowest BCUT2D eigenvalue weighted by molar-refractivity contribution is -0.117. The predicted molar refractivity (Wildman–Crippen MR) is 425 cm³/mol. The molecule has 4 atom stereocenters. The van der Waals surface area contributed by atoms with Crippen LogP contribution in [0.15, 0.2) is 67.4 Å². The third kappa shape index (κ3) is 25.9. The number of Topliss-reactive ketones (excluding diaryl/α,β-unsaturated/α-hetero) is 1. The number of unbranched alkanes of at least 4 members (excludes halogenated alkanes) is 6. The van der Waals surface area contributed by atoms with E-state index in [4.69, 9.17) is 50.7 Å². The third-order valence-corrected chi connectivity index (χ3v) is 17.1. The molecule has 0 aromatic carbocycles. The molecule has 10 rings (SSSR count). The van der Waals surface area contributed by atoms with E-state index in [0.29, 0.717) is 102 Å². The number of ketones is 1. The summed E-state index contributed by atoms with van der Waals surface area (Å²) in [5.74, 6) is 3.84. The summed E-state index contributed by atoms with van der Waals surface area (Å²) in [7, 11) is 1.59. The molecular weight excluding hydrogens is 1380 g/mol. The van der Waals surface area contributed by atoms with Gasteiger partial charge in [0.05, 0.1) is 94.9 Å². The van der Waals surface area contributed by atoms with E-state index in [1.807, 2.05) is 53.7 Å². The molecule has 33 heteroatoms. The summed E-state index contributed by atoms with van der Waals surface area (Å²) in [6.45, 7) is 24.2. The summed E-state index contributed by atoms with van der Waals surface area (Å²) >= 11 is 5.93. The van der Waals surface area contributed by atoms with Crippen LogP contribution in [0.5, 0.6) is 5.75 Å². The minimum Gasteiger partial charge on any atom is -0.495 e. The maximum Gasteiger partial charge on any atom is 0.222 e. The molecule has 106 heavy (non-hydrogen) atoms. The van der Waals surface area contributed by atoms with Gasteiger partial charge in [0, 0.05) is 42.0 Å². The second-order valence-corrected chi connectivity index (χ2v) is 28.8. The van der Waals surface area contributed by atoms with Crippen molar-refractivity contribution in [1.29, 1.82) is 0 Å². The average Bonchev–Trinajstić information content (AvgIpc) is 0.826. The number of carbonyl (C=O) groups is 1. The van der Waals surface area contributed by atoms with Crippen LogP contribution < -0.4 is 65.7 Å². The van der Waals surface area contributed by atoms with E-state index in [-0.39, 0.29) is 66.4 Å². The Morgan fingerprint density at radius 3 is 1.25 bits per heavy atom. The van der Waals surface area contributed by atoms with Gasteiger partial charge in [0.25, 0.3) is 0 Å². The van der Waals surface area contributed by atoms with Gasteiger partial charge < -0.3 is 85.8 Å². The fourth-order valence-electron chi connectivity index (χ4n) is 11.0. The van der Waals surface area contributed by atoms with E-state index < -0.39 is 22.4 Å². The highest BCUT2D eigenvalue weighted by molar-refractivity contribution is 6.31. The Balaban J connectivity index is 0.000000208. The van der Waals surface area contributed by atoms with E-state index in [0.717, 1.165) is 102 Å². The van der Waals surface area contributed by atoms with Crippen LogP contribution in [-0.4, -0.2) is 150 Å². The summed E-state index contributed by atoms with van der Waals surface area (Å²) in [6.07, 6.45) is 23.0. The number of fused-ring (bicyclic) bond motifs is 5. The minimum atomic E-state index is -0.543. The lowest BCUT2D eigenvalue weighted by atomic mass is 9.88. The zero-order valence-corrected chi connectivity index (χ0v) is 64.1. The maximum atomic E-state index is 13.3. The molecular formula is C73H108ClFN26O5. The van der Waals surface area contributed by atoms with Crippen LogP contribution in [0.2, 0.25) is 5.02 Å². The molecule has 0 radical (unpaired) electrons. The largest absolute Gasteiger partial charge is 0.495 e. The number of aromatic nitrogens is 15. The number of hydrogen-bond acceptors (Lipinski definition) is 31. The van der Waals surface area contributed by atoms with Gasteiger partial charge in [0.15, 0.2) is 29.1 Å². The van der Waals surface area contributed by atoms with Crippen LogP contribution >= 0.6 is 11.6 Å². The van der Waals surface area contributed by atoms with Crippen molar-refractivity contribution in [3.8, 4) is 5.75 Å². The molecule has 0 aliphatic rings. The standard InChI is InChI=1S/C18H27N5O.C15H22FN5O.C14H20ClN5O.C14H22N6O.C12H17N5O/c1-4-5-6-10-18(3,11-9-13(2)24)23-16-15-14(8-7-12-20-15)21-17(19)22-16;1-3-4-5-6-15(2,9-22)21-13-12-11(19-14(17)20-13)7-10(16)8-18-12;2*1-3-4-5-14(2,8-21)20-12-11-10(18-13(16)19-12)6-9(15)7-17-11;1-12(2,3)17-10-9-8(15-11(13)16-10)5-7(18-4)6-14-9/h7-8,12H,4-6,9-11H2,1-3H3,(H3,19,21,22,23);7-8,22H,3-6,9H2,1-2H3,(H3,17,19,20,21);6-7,21H,3-5,8H2,1-2H3,(H3,16,18,19,20);6-7,21H,3-5,8,15H2,1-2H3,(H3,16,18,19,20);5-6H,1-4H3,(H3,13,15,16,17)/t18-;15-;2*14-;/m1000./s1. The van der Waals surface area contributed by atoms with Crippen molar-refractivity contribution in [2.24, 2.45) is 0 Å². The quantitative estimate of drug-likeness (QED) is 0.0186. The predicted octanol–water partition coefficient (Wildman–Crippen LogP) is 12.2. The Bertz CT molecular complexity index is 4380. The van der Waals surface area contributed by atoms with E-state index in [2.05, 4.69) is 136 Å². The first-order valence-corrected chi connectivity index (χ1v) is 36.1. The Hall–Kier alpha value is -10.2. The Kier molecular flexibility index (Phi) is 31.4. The number of carbonyl (C=O) groups excluding carboxylic acids is 1. The number of halogens is 2. The lowest BCUT2D eigenvalue weighted by Crippen LogP contribution is -2.39. The van der Waals surface area contributed by atoms with Crippen LogP contribution in [0.25, 0.3) is 55.2 Å². The summed E-state index contributed by atoms with van der Waals surface area (Å²) < 4.78 is 18.4. The zero-order chi connectivity index (χ0) is 78.0. The first-order valence-electron chi connectivity index (χ1n) is 35.7. The summed E-state index contributed by atoms with van der Waals surface area (Å²) in [6, 6.07) is 10.1. The van der Waals surface area contributed by atoms with Gasteiger partial charge in [-0.1, -0.05) is 104 Å². The molecule has 0 saturated carbocycles. The van der Waals surface area contributed by atoms with Gasteiger partial charge in [0.2, 0.25) is 29.7 Å². The van der Waals surface area contributed by atoms with Crippen molar-refractivity contribution in [1.82, 2.24) is 74.8 Å². The highest BCUT2D eigenvalue weighted by Gasteiger charge is 2.30. The smallest absolute Gasteiger partial charge is 0.222 e. The van der Waals surface area contributed by atoms with Crippen molar-refractivity contribution < 1.29 is 29.2 Å². The number of ether oxygens (including phenoxy) is 1. The highest BCUT2D eigenvalue weighted by Crippen LogP contribution is 2.33. The number of nitrogens with one attached hydrogen (secondary N) is 5. The second kappa shape index (κ2) is 39.3. The Morgan fingerprint density at radius 2 is 0.821 bits per heavy atom. The molecule has 0 spiro atoms. The first kappa shape index (κ1) is 84.8. The van der Waals surface area contributed by atoms with Crippen molar-refractivity contribution in [3.63, 3.8) is 0 Å². The molecule has 0 aliphatic carbocycles. The molecule has 0 fully saturated rings. The molecule has 0 amide bonds. The van der Waals surface area contributed by atoms with Crippen LogP contribution in [0.4, 0.5) is 68.9 Å². The van der Waals surface area contributed by atoms with Gasteiger partial charge >= 0.3 is 0 Å². The van der Waals surface area contributed by atoms with Crippen LogP contribution in [0.3, 0.4) is 0 Å². The fraction of sp³-hybridized carbons (Fsp3) is 0.507. The molecule has 0 unspecified atom stereocenters. The number of anilines is 11. The Labute approximate surface area is 623 Å².